The van der Waals surface area contributed by atoms with Crippen LogP contribution in [0.1, 0.15) is 43.1 Å². The number of esters is 1. The van der Waals surface area contributed by atoms with Crippen molar-refractivity contribution < 1.29 is 14.3 Å². The van der Waals surface area contributed by atoms with Gasteiger partial charge in [0.25, 0.3) is 0 Å². The minimum Gasteiger partial charge on any atom is -0.462 e. The molecule has 0 N–H and O–H groups in total. The van der Waals surface area contributed by atoms with E-state index in [4.69, 9.17) is 9.47 Å². The molecule has 0 aliphatic heterocycles. The normalized spacial score (nSPS) is 11.3. The Morgan fingerprint density at radius 3 is 2.61 bits per heavy atom. The third-order valence-corrected chi connectivity index (χ3v) is 2.56. The van der Waals surface area contributed by atoms with E-state index in [1.165, 1.54) is 0 Å². The molecular weight excluding hydrogens is 228 g/mol. The van der Waals surface area contributed by atoms with Crippen molar-refractivity contribution in [1.82, 2.24) is 0 Å². The zero-order chi connectivity index (χ0) is 13.6. The van der Waals surface area contributed by atoms with Crippen LogP contribution in [-0.2, 0) is 16.1 Å². The first-order valence-corrected chi connectivity index (χ1v) is 6.17. The number of hydrogen-bond donors (Lipinski definition) is 0. The second-order valence-corrected chi connectivity index (χ2v) is 5.58. The fourth-order valence-electron chi connectivity index (χ4n) is 1.49. The molecule has 1 rings (SSSR count). The van der Waals surface area contributed by atoms with Gasteiger partial charge in [-0.05, 0) is 29.5 Å². The Morgan fingerprint density at radius 2 is 2.00 bits per heavy atom. The first-order valence-electron chi connectivity index (χ1n) is 6.17. The molecular formula is C15H22O3. The monoisotopic (exact) mass is 250 g/mol. The van der Waals surface area contributed by atoms with Crippen molar-refractivity contribution in [2.45, 2.75) is 33.8 Å². The van der Waals surface area contributed by atoms with Crippen LogP contribution in [0.3, 0.4) is 0 Å². The Morgan fingerprint density at radius 1 is 1.28 bits per heavy atom. The number of hydrogen-bond acceptors (Lipinski definition) is 3. The summed E-state index contributed by atoms with van der Waals surface area (Å²) in [6.45, 7) is 7.33. The molecule has 0 spiro atoms. The molecule has 0 bridgehead atoms. The summed E-state index contributed by atoms with van der Waals surface area (Å²) in [4.78, 5) is 11.8. The van der Waals surface area contributed by atoms with Crippen LogP contribution in [0.15, 0.2) is 24.3 Å². The van der Waals surface area contributed by atoms with E-state index in [2.05, 4.69) is 20.8 Å². The van der Waals surface area contributed by atoms with Crippen LogP contribution < -0.4 is 0 Å². The van der Waals surface area contributed by atoms with E-state index in [9.17, 15) is 4.79 Å². The lowest BCUT2D eigenvalue weighted by Gasteiger charge is -2.17. The predicted octanol–water partition coefficient (Wildman–Crippen LogP) is 3.43. The number of carbonyl (C=O) groups excluding carboxylic acids is 1. The van der Waals surface area contributed by atoms with Gasteiger partial charge in [-0.25, -0.2) is 4.79 Å². The Labute approximate surface area is 109 Å². The van der Waals surface area contributed by atoms with Crippen LogP contribution in [0.2, 0.25) is 0 Å². The third-order valence-electron chi connectivity index (χ3n) is 2.56. The topological polar surface area (TPSA) is 35.5 Å². The van der Waals surface area contributed by atoms with Gasteiger partial charge in [0, 0.05) is 7.11 Å². The number of benzene rings is 1. The minimum atomic E-state index is -0.266. The first kappa shape index (κ1) is 14.7. The molecule has 0 fully saturated rings. The second kappa shape index (κ2) is 6.55. The molecule has 18 heavy (non-hydrogen) atoms. The first-order chi connectivity index (χ1) is 8.42. The zero-order valence-electron chi connectivity index (χ0n) is 11.7. The van der Waals surface area contributed by atoms with Crippen molar-refractivity contribution in [2.24, 2.45) is 5.41 Å². The molecule has 1 aromatic rings. The van der Waals surface area contributed by atoms with Crippen LogP contribution in [-0.4, -0.2) is 19.7 Å². The predicted molar refractivity (Wildman–Crippen MR) is 71.5 cm³/mol. The minimum absolute atomic E-state index is 0.179. The largest absolute Gasteiger partial charge is 0.462 e. The van der Waals surface area contributed by atoms with Gasteiger partial charge < -0.3 is 9.47 Å². The van der Waals surface area contributed by atoms with Crippen LogP contribution in [0.4, 0.5) is 0 Å². The van der Waals surface area contributed by atoms with Crippen molar-refractivity contribution in [3.05, 3.63) is 35.4 Å². The summed E-state index contributed by atoms with van der Waals surface area (Å²) >= 11 is 0. The maximum atomic E-state index is 11.8. The van der Waals surface area contributed by atoms with Crippen LogP contribution in [0, 0.1) is 5.41 Å². The highest BCUT2D eigenvalue weighted by Crippen LogP contribution is 2.18. The number of ether oxygens (including phenoxy) is 2. The molecule has 0 amide bonds. The van der Waals surface area contributed by atoms with Gasteiger partial charge in [0.05, 0.1) is 18.8 Å². The van der Waals surface area contributed by atoms with E-state index >= 15 is 0 Å². The van der Waals surface area contributed by atoms with Gasteiger partial charge in [-0.2, -0.15) is 0 Å². The Hall–Kier alpha value is -1.35. The molecule has 3 nitrogen and oxygen atoms in total. The van der Waals surface area contributed by atoms with Gasteiger partial charge in [-0.3, -0.25) is 0 Å². The molecule has 0 radical (unpaired) electrons. The van der Waals surface area contributed by atoms with Gasteiger partial charge in [0.1, 0.15) is 0 Å². The van der Waals surface area contributed by atoms with Crippen molar-refractivity contribution in [1.29, 1.82) is 0 Å². The highest BCUT2D eigenvalue weighted by Gasteiger charge is 2.12. The zero-order valence-corrected chi connectivity index (χ0v) is 11.7. The summed E-state index contributed by atoms with van der Waals surface area (Å²) in [5, 5.41) is 0. The smallest absolute Gasteiger partial charge is 0.338 e. The van der Waals surface area contributed by atoms with Crippen molar-refractivity contribution >= 4 is 5.97 Å². The van der Waals surface area contributed by atoms with Crippen molar-refractivity contribution in [3.63, 3.8) is 0 Å². The molecule has 0 saturated carbocycles. The summed E-state index contributed by atoms with van der Waals surface area (Å²) < 4.78 is 10.3. The lowest BCUT2D eigenvalue weighted by Crippen LogP contribution is -2.13. The molecule has 0 saturated heterocycles. The Bertz CT molecular complexity index is 391. The molecule has 0 aliphatic carbocycles. The average Bonchev–Trinajstić information content (AvgIpc) is 2.28. The van der Waals surface area contributed by atoms with E-state index in [1.807, 2.05) is 18.2 Å². The quantitative estimate of drug-likeness (QED) is 0.751. The van der Waals surface area contributed by atoms with Crippen molar-refractivity contribution in [3.8, 4) is 0 Å². The highest BCUT2D eigenvalue weighted by atomic mass is 16.5. The van der Waals surface area contributed by atoms with E-state index < -0.39 is 0 Å². The molecule has 0 aromatic heterocycles. The molecule has 1 aromatic carbocycles. The van der Waals surface area contributed by atoms with E-state index in [0.29, 0.717) is 18.8 Å². The van der Waals surface area contributed by atoms with Gasteiger partial charge in [-0.15, -0.1) is 0 Å². The lowest BCUT2D eigenvalue weighted by molar-refractivity contribution is 0.0464. The summed E-state index contributed by atoms with van der Waals surface area (Å²) in [6.07, 6.45) is 0.858. The molecule has 0 atom stereocenters. The van der Waals surface area contributed by atoms with E-state index in [1.54, 1.807) is 13.2 Å². The lowest BCUT2D eigenvalue weighted by atomic mass is 9.93. The maximum absolute atomic E-state index is 11.8. The van der Waals surface area contributed by atoms with Gasteiger partial charge >= 0.3 is 5.97 Å². The standard InChI is InChI=1S/C15H22O3/c1-15(2,3)8-9-18-14(16)13-7-5-6-12(10-13)11-17-4/h5-7,10H,8-9,11H2,1-4H3. The summed E-state index contributed by atoms with van der Waals surface area (Å²) in [5.41, 5.74) is 1.74. The SMILES string of the molecule is COCc1cccc(C(=O)OCCC(C)(C)C)c1. The van der Waals surface area contributed by atoms with Crippen LogP contribution in [0.25, 0.3) is 0 Å². The summed E-state index contributed by atoms with van der Waals surface area (Å²) in [6, 6.07) is 7.34. The van der Waals surface area contributed by atoms with Gasteiger partial charge in [0.2, 0.25) is 0 Å². The maximum Gasteiger partial charge on any atom is 0.338 e. The number of methoxy groups -OCH3 is 1. The molecule has 0 aliphatic rings. The van der Waals surface area contributed by atoms with Crippen LogP contribution in [0.5, 0.6) is 0 Å². The van der Waals surface area contributed by atoms with Crippen LogP contribution >= 0.6 is 0 Å². The molecule has 3 heteroatoms. The number of carbonyl (C=O) groups is 1. The molecule has 0 unspecified atom stereocenters. The number of rotatable bonds is 5. The van der Waals surface area contributed by atoms with E-state index in [-0.39, 0.29) is 11.4 Å². The third kappa shape index (κ3) is 5.32. The second-order valence-electron chi connectivity index (χ2n) is 5.58. The fraction of sp³-hybridized carbons (Fsp3) is 0.533. The molecule has 100 valence electrons. The summed E-state index contributed by atoms with van der Waals surface area (Å²) in [5.74, 6) is -0.266. The average molecular weight is 250 g/mol. The van der Waals surface area contributed by atoms with Gasteiger partial charge in [0.15, 0.2) is 0 Å². The highest BCUT2D eigenvalue weighted by molar-refractivity contribution is 5.89. The van der Waals surface area contributed by atoms with Crippen molar-refractivity contribution in [2.75, 3.05) is 13.7 Å². The van der Waals surface area contributed by atoms with Gasteiger partial charge in [-0.1, -0.05) is 32.9 Å². The fourth-order valence-corrected chi connectivity index (χ4v) is 1.49. The van der Waals surface area contributed by atoms with E-state index in [0.717, 1.165) is 12.0 Å². The summed E-state index contributed by atoms with van der Waals surface area (Å²) in [7, 11) is 1.63. The Kier molecular flexibility index (Phi) is 5.35. The Balaban J connectivity index is 2.53. The molecule has 0 heterocycles.